The molecule has 0 saturated carbocycles. The van der Waals surface area contributed by atoms with E-state index in [1.807, 2.05) is 0 Å². The van der Waals surface area contributed by atoms with E-state index in [-0.39, 0.29) is 6.61 Å². The van der Waals surface area contributed by atoms with Crippen LogP contribution >= 0.6 is 0 Å². The van der Waals surface area contributed by atoms with Gasteiger partial charge in [0, 0.05) is 0 Å². The largest absolute Gasteiger partial charge is 0.252 e. The molecule has 0 aliphatic heterocycles. The van der Waals surface area contributed by atoms with Gasteiger partial charge in [0.1, 0.15) is 6.61 Å². The molecule has 0 atom stereocenters. The highest BCUT2D eigenvalue weighted by Gasteiger charge is 1.66. The van der Waals surface area contributed by atoms with Crippen molar-refractivity contribution in [3.05, 3.63) is 24.8 Å². The molecule has 0 saturated heterocycles. The standard InChI is InChI=1S/C5H8O2/c1-2-3-4-5-7-6/h2-4,6H,1,5H2. The topological polar surface area (TPSA) is 29.5 Å². The summed E-state index contributed by atoms with van der Waals surface area (Å²) >= 11 is 0. The lowest BCUT2D eigenvalue weighted by atomic mass is 10.5. The maximum absolute atomic E-state index is 7.71. The normalized spacial score (nSPS) is 9.86. The first kappa shape index (κ1) is 6.40. The van der Waals surface area contributed by atoms with Crippen LogP contribution in [-0.4, -0.2) is 11.9 Å². The molecule has 1 N–H and O–H groups in total. The zero-order valence-electron chi connectivity index (χ0n) is 4.00. The van der Waals surface area contributed by atoms with E-state index >= 15 is 0 Å². The van der Waals surface area contributed by atoms with Gasteiger partial charge in [-0.15, -0.1) is 0 Å². The van der Waals surface area contributed by atoms with Gasteiger partial charge in [0.15, 0.2) is 0 Å². The summed E-state index contributed by atoms with van der Waals surface area (Å²) in [6.45, 7) is 3.64. The van der Waals surface area contributed by atoms with Crippen LogP contribution in [0.5, 0.6) is 0 Å². The third-order valence-electron chi connectivity index (χ3n) is 0.443. The lowest BCUT2D eigenvalue weighted by molar-refractivity contribution is -0.231. The van der Waals surface area contributed by atoms with Crippen LogP contribution in [0.4, 0.5) is 0 Å². The summed E-state index contributed by atoms with van der Waals surface area (Å²) in [4.78, 5) is 3.71. The van der Waals surface area contributed by atoms with Crippen molar-refractivity contribution < 1.29 is 10.1 Å². The van der Waals surface area contributed by atoms with Gasteiger partial charge in [0.05, 0.1) is 0 Å². The molecule has 0 rings (SSSR count). The van der Waals surface area contributed by atoms with Crippen LogP contribution in [0.25, 0.3) is 0 Å². The minimum absolute atomic E-state index is 0.228. The van der Waals surface area contributed by atoms with Crippen molar-refractivity contribution in [1.29, 1.82) is 0 Å². The third-order valence-corrected chi connectivity index (χ3v) is 0.443. The van der Waals surface area contributed by atoms with E-state index in [9.17, 15) is 0 Å². The van der Waals surface area contributed by atoms with Crippen molar-refractivity contribution in [2.75, 3.05) is 6.61 Å². The first-order valence-corrected chi connectivity index (χ1v) is 1.95. The summed E-state index contributed by atoms with van der Waals surface area (Å²) in [5.74, 6) is 0. The van der Waals surface area contributed by atoms with Gasteiger partial charge in [-0.1, -0.05) is 24.8 Å². The first-order chi connectivity index (χ1) is 3.41. The maximum atomic E-state index is 7.71. The molecule has 7 heavy (non-hydrogen) atoms. The Kier molecular flexibility index (Phi) is 4.94. The smallest absolute Gasteiger partial charge is 0.100 e. The fourth-order valence-electron chi connectivity index (χ4n) is 0.195. The Morgan fingerprint density at radius 2 is 2.43 bits per heavy atom. The Morgan fingerprint density at radius 1 is 1.71 bits per heavy atom. The minimum atomic E-state index is 0.228. The molecule has 0 spiro atoms. The van der Waals surface area contributed by atoms with Crippen molar-refractivity contribution in [3.8, 4) is 0 Å². The molecule has 0 unspecified atom stereocenters. The molecule has 0 aromatic rings. The Morgan fingerprint density at radius 3 is 2.86 bits per heavy atom. The van der Waals surface area contributed by atoms with Gasteiger partial charge in [-0.2, -0.15) is 0 Å². The van der Waals surface area contributed by atoms with Crippen LogP contribution in [0, 0.1) is 0 Å². The second-order valence-electron chi connectivity index (χ2n) is 0.960. The molecule has 2 nitrogen and oxygen atoms in total. The molecule has 0 fully saturated rings. The van der Waals surface area contributed by atoms with Gasteiger partial charge in [0.2, 0.25) is 0 Å². The van der Waals surface area contributed by atoms with Gasteiger partial charge in [-0.3, -0.25) is 5.26 Å². The molecule has 0 radical (unpaired) electrons. The van der Waals surface area contributed by atoms with Gasteiger partial charge < -0.3 is 0 Å². The van der Waals surface area contributed by atoms with E-state index in [1.54, 1.807) is 18.2 Å². The van der Waals surface area contributed by atoms with E-state index < -0.39 is 0 Å². The number of hydrogen-bond donors (Lipinski definition) is 1. The predicted molar refractivity (Wildman–Crippen MR) is 27.9 cm³/mol. The number of rotatable bonds is 3. The van der Waals surface area contributed by atoms with Crippen LogP contribution < -0.4 is 0 Å². The molecular formula is C5H8O2. The van der Waals surface area contributed by atoms with Crippen LogP contribution in [0.15, 0.2) is 24.8 Å². The lowest BCUT2D eigenvalue weighted by Crippen LogP contribution is -1.79. The fraction of sp³-hybridized carbons (Fsp3) is 0.200. The summed E-state index contributed by atoms with van der Waals surface area (Å²) in [5, 5.41) is 7.71. The first-order valence-electron chi connectivity index (χ1n) is 1.95. The summed E-state index contributed by atoms with van der Waals surface area (Å²) in [6, 6.07) is 0. The van der Waals surface area contributed by atoms with Crippen molar-refractivity contribution >= 4 is 0 Å². The molecule has 0 bridgehead atoms. The minimum Gasteiger partial charge on any atom is -0.252 e. The van der Waals surface area contributed by atoms with E-state index in [2.05, 4.69) is 11.5 Å². The second kappa shape index (κ2) is 5.40. The van der Waals surface area contributed by atoms with E-state index in [0.29, 0.717) is 0 Å². The van der Waals surface area contributed by atoms with Gasteiger partial charge >= 0.3 is 0 Å². The quantitative estimate of drug-likeness (QED) is 0.328. The number of allylic oxidation sites excluding steroid dienone is 2. The molecule has 0 aliphatic carbocycles. The summed E-state index contributed by atoms with van der Waals surface area (Å²) in [6.07, 6.45) is 4.95. The van der Waals surface area contributed by atoms with Crippen LogP contribution in [0.3, 0.4) is 0 Å². The van der Waals surface area contributed by atoms with Crippen molar-refractivity contribution in [2.24, 2.45) is 0 Å². The second-order valence-corrected chi connectivity index (χ2v) is 0.960. The molecule has 0 aromatic heterocycles. The zero-order chi connectivity index (χ0) is 5.54. The maximum Gasteiger partial charge on any atom is 0.100 e. The van der Waals surface area contributed by atoms with Crippen LogP contribution in [-0.2, 0) is 4.89 Å². The highest BCUT2D eigenvalue weighted by atomic mass is 17.1. The van der Waals surface area contributed by atoms with Gasteiger partial charge in [0.25, 0.3) is 0 Å². The molecule has 0 amide bonds. The average Bonchev–Trinajstić information content (AvgIpc) is 1.69. The SMILES string of the molecule is C=CC=CCOO. The monoisotopic (exact) mass is 100 g/mol. The highest BCUT2D eigenvalue weighted by Crippen LogP contribution is 1.71. The zero-order valence-corrected chi connectivity index (χ0v) is 4.00. The Balaban J connectivity index is 2.92. The third kappa shape index (κ3) is 5.40. The molecule has 2 heteroatoms. The average molecular weight is 100 g/mol. The van der Waals surface area contributed by atoms with Crippen LogP contribution in [0.2, 0.25) is 0 Å². The van der Waals surface area contributed by atoms with Gasteiger partial charge in [-0.05, 0) is 0 Å². The van der Waals surface area contributed by atoms with Crippen LogP contribution in [0.1, 0.15) is 0 Å². The van der Waals surface area contributed by atoms with Crippen molar-refractivity contribution in [3.63, 3.8) is 0 Å². The molecule has 40 valence electrons. The summed E-state index contributed by atoms with van der Waals surface area (Å²) in [7, 11) is 0. The van der Waals surface area contributed by atoms with E-state index in [0.717, 1.165) is 0 Å². The van der Waals surface area contributed by atoms with Crippen molar-refractivity contribution in [1.82, 2.24) is 0 Å². The van der Waals surface area contributed by atoms with Crippen molar-refractivity contribution in [2.45, 2.75) is 0 Å². The fourth-order valence-corrected chi connectivity index (χ4v) is 0.195. The van der Waals surface area contributed by atoms with Gasteiger partial charge in [-0.25, -0.2) is 4.89 Å². The highest BCUT2D eigenvalue weighted by molar-refractivity contribution is 4.96. The molecular weight excluding hydrogens is 92.1 g/mol. The van der Waals surface area contributed by atoms with E-state index in [1.165, 1.54) is 0 Å². The predicted octanol–water partition coefficient (Wildman–Crippen LogP) is 1.22. The Hall–Kier alpha value is -0.600. The van der Waals surface area contributed by atoms with E-state index in [4.69, 9.17) is 5.26 Å². The Labute approximate surface area is 42.7 Å². The lowest BCUT2D eigenvalue weighted by Gasteiger charge is -1.79. The molecule has 0 aromatic carbocycles. The molecule has 0 aliphatic rings. The number of hydrogen-bond acceptors (Lipinski definition) is 2. The molecule has 0 heterocycles. The summed E-state index contributed by atoms with van der Waals surface area (Å²) in [5.41, 5.74) is 0. The summed E-state index contributed by atoms with van der Waals surface area (Å²) < 4.78 is 0. The Bertz CT molecular complexity index is 66.5.